The first-order valence-electron chi connectivity index (χ1n) is 19.4. The van der Waals surface area contributed by atoms with E-state index >= 15 is 0 Å². The van der Waals surface area contributed by atoms with Gasteiger partial charge >= 0.3 is 0 Å². The lowest BCUT2D eigenvalue weighted by atomic mass is 9.86. The first-order valence-corrected chi connectivity index (χ1v) is 21.8. The zero-order chi connectivity index (χ0) is 37.0. The van der Waals surface area contributed by atoms with Gasteiger partial charge in [-0.25, -0.2) is 0 Å². The maximum atomic E-state index is 9.54. The number of hydrogen-bond acceptors (Lipinski definition) is 9. The fraction of sp³-hybridized carbons (Fsp3) is 0.581. The highest BCUT2D eigenvalue weighted by Crippen LogP contribution is 2.42. The van der Waals surface area contributed by atoms with Crippen molar-refractivity contribution in [1.82, 2.24) is 0 Å². The monoisotopic (exact) mass is 754 g/mol. The molecule has 0 amide bonds. The van der Waals surface area contributed by atoms with Crippen LogP contribution in [0.3, 0.4) is 0 Å². The topological polar surface area (TPSA) is 114 Å². The van der Waals surface area contributed by atoms with Crippen molar-refractivity contribution in [2.45, 2.75) is 129 Å². The smallest absolute Gasteiger partial charge is 0.146 e. The van der Waals surface area contributed by atoms with E-state index in [1.807, 2.05) is 48.5 Å². The first kappa shape index (κ1) is 41.5. The van der Waals surface area contributed by atoms with Crippen LogP contribution in [-0.4, -0.2) is 26.4 Å². The molecule has 9 heteroatoms. The molecule has 0 saturated heterocycles. The van der Waals surface area contributed by atoms with E-state index in [1.54, 1.807) is 11.3 Å². The highest BCUT2D eigenvalue weighted by atomic mass is 32.1. The van der Waals surface area contributed by atoms with Gasteiger partial charge in [0.1, 0.15) is 35.4 Å². The molecule has 3 aromatic rings. The third kappa shape index (κ3) is 11.9. The summed E-state index contributed by atoms with van der Waals surface area (Å²) >= 11 is 4.70. The van der Waals surface area contributed by atoms with Gasteiger partial charge in [-0.15, -0.1) is 34.0 Å². The third-order valence-corrected chi connectivity index (χ3v) is 13.8. The third-order valence-electron chi connectivity index (χ3n) is 9.92. The molecule has 0 bridgehead atoms. The maximum Gasteiger partial charge on any atom is 0.146 e. The van der Waals surface area contributed by atoms with E-state index in [0.29, 0.717) is 22.3 Å². The molecule has 0 aromatic carbocycles. The van der Waals surface area contributed by atoms with E-state index in [-0.39, 0.29) is 16.6 Å². The Morgan fingerprint density at radius 2 is 0.904 bits per heavy atom. The second-order valence-electron chi connectivity index (χ2n) is 14.2. The molecule has 1 aliphatic rings. The van der Waals surface area contributed by atoms with Crippen LogP contribution in [0.4, 0.5) is 0 Å². The summed E-state index contributed by atoms with van der Waals surface area (Å²) < 4.78 is 18.8. The minimum atomic E-state index is -0.199. The van der Waals surface area contributed by atoms with Crippen LogP contribution in [0.25, 0.3) is 11.1 Å². The van der Waals surface area contributed by atoms with Gasteiger partial charge in [0.05, 0.1) is 22.3 Å². The fourth-order valence-corrected chi connectivity index (χ4v) is 10.6. The van der Waals surface area contributed by atoms with Crippen LogP contribution < -0.4 is 9.06 Å². The van der Waals surface area contributed by atoms with E-state index in [0.717, 1.165) is 57.0 Å². The lowest BCUT2D eigenvalue weighted by Gasteiger charge is -2.29. The predicted molar refractivity (Wildman–Crippen MR) is 214 cm³/mol. The molecule has 0 atom stereocenters. The zero-order valence-electron chi connectivity index (χ0n) is 31.2. The van der Waals surface area contributed by atoms with Gasteiger partial charge in [-0.2, -0.15) is 21.0 Å². The van der Waals surface area contributed by atoms with Crippen LogP contribution >= 0.6 is 34.0 Å². The quantitative estimate of drug-likeness (QED) is 0.0944. The zero-order valence-corrected chi connectivity index (χ0v) is 33.6. The average molecular weight is 755 g/mol. The SMILES string of the molecule is CCCCCCCCCCOCC1(COCCCCCCCCCC)Cc2c(/c(=c3/ccc(=C(C#N)C#N)s3)s/c2=c2/ccc(=C(C#N)C#N)s2)C1. The Hall–Kier alpha value is -3.28. The molecule has 0 aliphatic heterocycles. The van der Waals surface area contributed by atoms with Crippen molar-refractivity contribution in [3.63, 3.8) is 0 Å². The van der Waals surface area contributed by atoms with E-state index in [9.17, 15) is 21.0 Å². The standard InChI is InChI=1S/C43H54N4O2S3/c1-3-5-7-9-11-13-15-17-23-48-31-43(32-49-24-18-16-14-12-10-8-6-4-2)25-35-36(26-43)42(40-22-20-38(51-40)34(29-46)30-47)52-41(35)39-21-19-37(50-39)33(27-44)28-45/h19-22H,3-18,23-26,31-32H2,1-2H3/b41-39-,42-40+. The van der Waals surface area contributed by atoms with E-state index in [4.69, 9.17) is 9.47 Å². The minimum absolute atomic E-state index is 0.127. The van der Waals surface area contributed by atoms with Crippen LogP contribution in [-0.2, 0) is 22.3 Å². The van der Waals surface area contributed by atoms with Gasteiger partial charge < -0.3 is 9.47 Å². The van der Waals surface area contributed by atoms with Crippen LogP contribution in [0.2, 0.25) is 0 Å². The Balaban J connectivity index is 1.62. The summed E-state index contributed by atoms with van der Waals surface area (Å²) in [5.41, 5.74) is 2.63. The molecule has 0 radical (unpaired) electrons. The van der Waals surface area contributed by atoms with Gasteiger partial charge in [-0.1, -0.05) is 104 Å². The molecule has 0 saturated carbocycles. The molecule has 3 heterocycles. The van der Waals surface area contributed by atoms with Gasteiger partial charge in [0.2, 0.25) is 0 Å². The number of hydrogen-bond donors (Lipinski definition) is 0. The van der Waals surface area contributed by atoms with Gasteiger partial charge in [-0.05, 0) is 61.1 Å². The second-order valence-corrected chi connectivity index (χ2v) is 17.3. The molecule has 3 aromatic heterocycles. The summed E-state index contributed by atoms with van der Waals surface area (Å²) in [6.45, 7) is 7.29. The number of ether oxygens (including phenoxy) is 2. The Bertz CT molecular complexity index is 1890. The Morgan fingerprint density at radius 3 is 1.27 bits per heavy atom. The summed E-state index contributed by atoms with van der Waals surface area (Å²) in [6, 6.07) is 16.0. The average Bonchev–Trinajstić information content (AvgIpc) is 3.96. The first-order chi connectivity index (χ1) is 25.5. The van der Waals surface area contributed by atoms with Crippen molar-refractivity contribution in [3.05, 3.63) is 62.6 Å². The van der Waals surface area contributed by atoms with Gasteiger partial charge in [0.15, 0.2) is 0 Å². The van der Waals surface area contributed by atoms with Crippen molar-refractivity contribution >= 4 is 45.2 Å². The number of rotatable bonds is 22. The molecule has 1 aliphatic carbocycles. The molecular formula is C43H54N4O2S3. The van der Waals surface area contributed by atoms with Gasteiger partial charge in [0.25, 0.3) is 0 Å². The highest BCUT2D eigenvalue weighted by molar-refractivity contribution is 7.13. The lowest BCUT2D eigenvalue weighted by Crippen LogP contribution is -2.34. The molecule has 52 heavy (non-hydrogen) atoms. The number of nitriles is 4. The number of nitrogens with zero attached hydrogens (tertiary/aromatic N) is 4. The molecule has 0 fully saturated rings. The summed E-state index contributed by atoms with van der Waals surface area (Å²) in [6.07, 6.45) is 21.9. The second kappa shape index (κ2) is 22.7. The van der Waals surface area contributed by atoms with E-state index in [2.05, 4.69) is 13.8 Å². The van der Waals surface area contributed by atoms with Gasteiger partial charge in [0, 0.05) is 36.8 Å². The van der Waals surface area contributed by atoms with Crippen molar-refractivity contribution < 1.29 is 9.47 Å². The van der Waals surface area contributed by atoms with Crippen LogP contribution in [0.5, 0.6) is 0 Å². The van der Waals surface area contributed by atoms with Crippen molar-refractivity contribution in [1.29, 1.82) is 21.0 Å². The fourth-order valence-electron chi connectivity index (χ4n) is 7.04. The summed E-state index contributed by atoms with van der Waals surface area (Å²) in [5, 5.41) is 38.1. The number of thiophene rings is 3. The minimum Gasteiger partial charge on any atom is -0.381 e. The molecule has 4 rings (SSSR count). The summed E-state index contributed by atoms with van der Waals surface area (Å²) in [5.74, 6) is 0. The summed E-state index contributed by atoms with van der Waals surface area (Å²) in [7, 11) is 0. The molecule has 276 valence electrons. The Morgan fingerprint density at radius 1 is 0.538 bits per heavy atom. The number of fused-ring (bicyclic) bond motifs is 1. The molecule has 0 spiro atoms. The highest BCUT2D eigenvalue weighted by Gasteiger charge is 2.40. The molecule has 0 N–H and O–H groups in total. The largest absolute Gasteiger partial charge is 0.381 e. The van der Waals surface area contributed by atoms with Crippen LogP contribution in [0.1, 0.15) is 128 Å². The molecule has 6 nitrogen and oxygen atoms in total. The Kier molecular flexibility index (Phi) is 18.1. The van der Waals surface area contributed by atoms with E-state index in [1.165, 1.54) is 124 Å². The van der Waals surface area contributed by atoms with Crippen LogP contribution in [0.15, 0.2) is 24.3 Å². The maximum absolute atomic E-state index is 9.54. The predicted octanol–water partition coefficient (Wildman–Crippen LogP) is 10.2. The Labute approximate surface area is 322 Å². The van der Waals surface area contributed by atoms with Gasteiger partial charge in [-0.3, -0.25) is 0 Å². The van der Waals surface area contributed by atoms with Crippen molar-refractivity contribution in [3.8, 4) is 24.3 Å². The van der Waals surface area contributed by atoms with Crippen molar-refractivity contribution in [2.24, 2.45) is 5.41 Å². The lowest BCUT2D eigenvalue weighted by molar-refractivity contribution is -0.0193. The number of unbranched alkanes of at least 4 members (excludes halogenated alkanes) is 14. The molecular weight excluding hydrogens is 701 g/mol. The summed E-state index contributed by atoms with van der Waals surface area (Å²) in [4.78, 5) is 0. The normalized spacial score (nSPS) is 14.3. The van der Waals surface area contributed by atoms with E-state index < -0.39 is 0 Å². The molecule has 0 unspecified atom stereocenters. The van der Waals surface area contributed by atoms with Crippen LogP contribution in [0, 0.1) is 68.9 Å². The van der Waals surface area contributed by atoms with Crippen molar-refractivity contribution in [2.75, 3.05) is 26.4 Å².